The molecule has 0 aromatic heterocycles. The molecule has 4 nitrogen and oxygen atoms in total. The van der Waals surface area contributed by atoms with Gasteiger partial charge in [0.2, 0.25) is 0 Å². The lowest BCUT2D eigenvalue weighted by Crippen LogP contribution is -2.24. The zero-order valence-electron chi connectivity index (χ0n) is 13.2. The number of rotatable bonds is 11. The van der Waals surface area contributed by atoms with Gasteiger partial charge in [-0.1, -0.05) is 50.7 Å². The van der Waals surface area contributed by atoms with Gasteiger partial charge in [0.15, 0.2) is 0 Å². The lowest BCUT2D eigenvalue weighted by atomic mass is 10.1. The van der Waals surface area contributed by atoms with Gasteiger partial charge in [-0.05, 0) is 31.5 Å². The average molecular weight is 329 g/mol. The minimum Gasteiger partial charge on any atom is -0.507 e. The number of carbonyl (C=O) groups is 1. The fraction of sp³-hybridized carbons (Fsp3) is 0.588. The minimum atomic E-state index is -0.199. The van der Waals surface area contributed by atoms with Gasteiger partial charge >= 0.3 is 0 Å². The predicted molar refractivity (Wildman–Crippen MR) is 93.7 cm³/mol. The molecule has 1 aromatic carbocycles. The standard InChI is InChI=1S/C17H28N2O2.ClH/c18-13-9-5-3-1-2-4-6-10-14-19-17(21)15-11-7-8-12-16(15)20;/h7-8,11-12,20H,1-6,9-10,13-14,18H2,(H,19,21);1H. The number of hydrogen-bond donors (Lipinski definition) is 3. The van der Waals surface area contributed by atoms with Crippen molar-refractivity contribution in [3.05, 3.63) is 29.8 Å². The van der Waals surface area contributed by atoms with E-state index in [0.29, 0.717) is 12.1 Å². The molecule has 0 heterocycles. The van der Waals surface area contributed by atoms with Crippen LogP contribution in [0.5, 0.6) is 5.75 Å². The van der Waals surface area contributed by atoms with Crippen LogP contribution in [0.1, 0.15) is 61.7 Å². The average Bonchev–Trinajstić information content (AvgIpc) is 2.49. The van der Waals surface area contributed by atoms with Crippen molar-refractivity contribution >= 4 is 18.3 Å². The number of unbranched alkanes of at least 4 members (excludes halogenated alkanes) is 7. The summed E-state index contributed by atoms with van der Waals surface area (Å²) in [7, 11) is 0. The van der Waals surface area contributed by atoms with E-state index < -0.39 is 0 Å². The van der Waals surface area contributed by atoms with Gasteiger partial charge in [-0.25, -0.2) is 0 Å². The van der Waals surface area contributed by atoms with Crippen LogP contribution in [0.2, 0.25) is 0 Å². The fourth-order valence-electron chi connectivity index (χ4n) is 2.29. The predicted octanol–water partition coefficient (Wildman–Crippen LogP) is 3.62. The van der Waals surface area contributed by atoms with Crippen molar-refractivity contribution in [2.45, 2.75) is 51.4 Å². The molecule has 0 aliphatic rings. The Balaban J connectivity index is 0.00000441. The molecule has 0 atom stereocenters. The van der Waals surface area contributed by atoms with E-state index in [4.69, 9.17) is 5.73 Å². The number of phenolic OH excluding ortho intramolecular Hbond substituents is 1. The van der Waals surface area contributed by atoms with E-state index in [1.54, 1.807) is 18.2 Å². The third kappa shape index (κ3) is 8.90. The first-order valence-electron chi connectivity index (χ1n) is 8.02. The maximum atomic E-state index is 11.8. The third-order valence-electron chi connectivity index (χ3n) is 3.57. The highest BCUT2D eigenvalue weighted by atomic mass is 35.5. The molecule has 22 heavy (non-hydrogen) atoms. The Morgan fingerprint density at radius 1 is 0.955 bits per heavy atom. The highest BCUT2D eigenvalue weighted by Crippen LogP contribution is 2.15. The summed E-state index contributed by atoms with van der Waals surface area (Å²) in [5.41, 5.74) is 5.79. The largest absolute Gasteiger partial charge is 0.507 e. The van der Waals surface area contributed by atoms with Crippen LogP contribution in [0.3, 0.4) is 0 Å². The molecule has 0 saturated carbocycles. The van der Waals surface area contributed by atoms with Gasteiger partial charge in [-0.2, -0.15) is 0 Å². The minimum absolute atomic E-state index is 0. The number of carbonyl (C=O) groups excluding carboxylic acids is 1. The van der Waals surface area contributed by atoms with Gasteiger partial charge in [0.25, 0.3) is 5.91 Å². The molecule has 126 valence electrons. The highest BCUT2D eigenvalue weighted by Gasteiger charge is 2.08. The third-order valence-corrected chi connectivity index (χ3v) is 3.57. The zero-order valence-corrected chi connectivity index (χ0v) is 14.0. The summed E-state index contributed by atoms with van der Waals surface area (Å²) < 4.78 is 0. The maximum absolute atomic E-state index is 11.8. The second-order valence-electron chi connectivity index (χ2n) is 5.39. The number of hydrogen-bond acceptors (Lipinski definition) is 3. The second-order valence-corrected chi connectivity index (χ2v) is 5.39. The van der Waals surface area contributed by atoms with Crippen LogP contribution in [0.4, 0.5) is 0 Å². The molecule has 0 bridgehead atoms. The number of nitrogens with two attached hydrogens (primary N) is 1. The van der Waals surface area contributed by atoms with Crippen LogP contribution in [0, 0.1) is 0 Å². The number of benzene rings is 1. The first-order chi connectivity index (χ1) is 10.3. The van der Waals surface area contributed by atoms with Crippen molar-refractivity contribution in [3.63, 3.8) is 0 Å². The molecule has 0 aliphatic heterocycles. The van der Waals surface area contributed by atoms with Crippen LogP contribution in [-0.4, -0.2) is 24.1 Å². The Morgan fingerprint density at radius 3 is 2.09 bits per heavy atom. The van der Waals surface area contributed by atoms with Crippen LogP contribution in [0.15, 0.2) is 24.3 Å². The van der Waals surface area contributed by atoms with Crippen molar-refractivity contribution in [3.8, 4) is 5.75 Å². The van der Waals surface area contributed by atoms with Crippen molar-refractivity contribution in [1.82, 2.24) is 5.32 Å². The van der Waals surface area contributed by atoms with Gasteiger partial charge in [-0.3, -0.25) is 4.79 Å². The first kappa shape index (κ1) is 20.7. The Hall–Kier alpha value is -1.26. The maximum Gasteiger partial charge on any atom is 0.255 e. The highest BCUT2D eigenvalue weighted by molar-refractivity contribution is 5.96. The van der Waals surface area contributed by atoms with Gasteiger partial charge in [0.05, 0.1) is 5.56 Å². The molecule has 0 unspecified atom stereocenters. The van der Waals surface area contributed by atoms with Gasteiger partial charge in [0.1, 0.15) is 5.75 Å². The van der Waals surface area contributed by atoms with Crippen LogP contribution in [0.25, 0.3) is 0 Å². The van der Waals surface area contributed by atoms with Crippen LogP contribution in [-0.2, 0) is 0 Å². The number of amides is 1. The molecule has 0 fully saturated rings. The van der Waals surface area contributed by atoms with Crippen LogP contribution < -0.4 is 11.1 Å². The lowest BCUT2D eigenvalue weighted by Gasteiger charge is -2.06. The van der Waals surface area contributed by atoms with E-state index in [9.17, 15) is 9.90 Å². The Labute approximate surface area is 139 Å². The summed E-state index contributed by atoms with van der Waals surface area (Å²) in [5.74, 6) is -0.164. The van der Waals surface area contributed by atoms with Crippen molar-refractivity contribution < 1.29 is 9.90 Å². The topological polar surface area (TPSA) is 75.3 Å². The van der Waals surface area contributed by atoms with Gasteiger partial charge < -0.3 is 16.2 Å². The van der Waals surface area contributed by atoms with Gasteiger partial charge in [-0.15, -0.1) is 12.4 Å². The molecule has 4 N–H and O–H groups in total. The molecule has 1 amide bonds. The van der Waals surface area contributed by atoms with E-state index in [2.05, 4.69) is 5.32 Å². The van der Waals surface area contributed by atoms with E-state index in [1.807, 2.05) is 0 Å². The number of phenols is 1. The first-order valence-corrected chi connectivity index (χ1v) is 8.02. The zero-order chi connectivity index (χ0) is 15.3. The van der Waals surface area contributed by atoms with Gasteiger partial charge in [0, 0.05) is 6.54 Å². The molecule has 0 radical (unpaired) electrons. The molecule has 1 aromatic rings. The Bertz CT molecular complexity index is 413. The van der Waals surface area contributed by atoms with Crippen LogP contribution >= 0.6 is 12.4 Å². The van der Waals surface area contributed by atoms with E-state index in [-0.39, 0.29) is 24.1 Å². The summed E-state index contributed by atoms with van der Waals surface area (Å²) in [6.07, 6.45) is 9.55. The number of para-hydroxylation sites is 1. The van der Waals surface area contributed by atoms with E-state index in [0.717, 1.165) is 25.8 Å². The van der Waals surface area contributed by atoms with Crippen molar-refractivity contribution in [2.24, 2.45) is 5.73 Å². The van der Waals surface area contributed by atoms with E-state index in [1.165, 1.54) is 38.2 Å². The molecule has 0 spiro atoms. The normalized spacial score (nSPS) is 10.0. The number of aromatic hydroxyl groups is 1. The smallest absolute Gasteiger partial charge is 0.255 e. The molecule has 0 saturated heterocycles. The monoisotopic (exact) mass is 328 g/mol. The SMILES string of the molecule is Cl.NCCCCCCCCCCNC(=O)c1ccccc1O. The summed E-state index contributed by atoms with van der Waals surface area (Å²) >= 11 is 0. The molecule has 5 heteroatoms. The lowest BCUT2D eigenvalue weighted by molar-refractivity contribution is 0.0950. The number of halogens is 1. The molecule has 1 rings (SSSR count). The Morgan fingerprint density at radius 2 is 1.50 bits per heavy atom. The van der Waals surface area contributed by atoms with Crippen molar-refractivity contribution in [2.75, 3.05) is 13.1 Å². The quantitative estimate of drug-likeness (QED) is 0.543. The summed E-state index contributed by atoms with van der Waals surface area (Å²) in [4.78, 5) is 11.8. The second kappa shape index (κ2) is 13.4. The summed E-state index contributed by atoms with van der Waals surface area (Å²) in [6, 6.07) is 6.62. The number of nitrogens with one attached hydrogen (secondary N) is 1. The summed E-state index contributed by atoms with van der Waals surface area (Å²) in [5, 5.41) is 12.4. The Kier molecular flexibility index (Phi) is 12.6. The fourth-order valence-corrected chi connectivity index (χ4v) is 2.29. The molecular weight excluding hydrogens is 300 g/mol. The molecular formula is C17H29ClN2O2. The molecule has 0 aliphatic carbocycles. The van der Waals surface area contributed by atoms with Crippen molar-refractivity contribution in [1.29, 1.82) is 0 Å². The van der Waals surface area contributed by atoms with E-state index >= 15 is 0 Å². The summed E-state index contributed by atoms with van der Waals surface area (Å²) in [6.45, 7) is 1.47.